The number of aliphatic hydroxyl groups excluding tert-OH is 1. The molecule has 0 fully saturated rings. The van der Waals surface area contributed by atoms with Gasteiger partial charge >= 0.3 is 0 Å². The zero-order valence-corrected chi connectivity index (χ0v) is 8.11. The number of ether oxygens (including phenoxy) is 1. The van der Waals surface area contributed by atoms with Crippen LogP contribution in [-0.2, 0) is 9.53 Å². The van der Waals surface area contributed by atoms with Crippen LogP contribution in [0, 0.1) is 0 Å². The van der Waals surface area contributed by atoms with E-state index in [-0.39, 0.29) is 16.7 Å². The van der Waals surface area contributed by atoms with Crippen LogP contribution in [0.15, 0.2) is 23.5 Å². The molecule has 0 saturated carbocycles. The van der Waals surface area contributed by atoms with E-state index in [0.29, 0.717) is 11.9 Å². The van der Waals surface area contributed by atoms with Gasteiger partial charge in [-0.1, -0.05) is 22.0 Å². The highest BCUT2D eigenvalue weighted by atomic mass is 79.9. The molecule has 0 aromatic carbocycles. The van der Waals surface area contributed by atoms with Crippen LogP contribution in [0.3, 0.4) is 0 Å². The minimum Gasteiger partial charge on any atom is -0.510 e. The minimum absolute atomic E-state index is 0.0272. The lowest BCUT2D eigenvalue weighted by Gasteiger charge is -2.21. The Balaban J connectivity index is 2.90. The summed E-state index contributed by atoms with van der Waals surface area (Å²) in [5.41, 5.74) is 0.296. The topological polar surface area (TPSA) is 46.5 Å². The van der Waals surface area contributed by atoms with Gasteiger partial charge in [0.25, 0.3) is 0 Å². The molecule has 3 nitrogen and oxygen atoms in total. The lowest BCUT2D eigenvalue weighted by atomic mass is 10.0. The number of aldehydes is 1. The van der Waals surface area contributed by atoms with E-state index in [1.165, 1.54) is 0 Å². The van der Waals surface area contributed by atoms with E-state index >= 15 is 0 Å². The molecule has 0 saturated heterocycles. The van der Waals surface area contributed by atoms with Gasteiger partial charge in [-0.05, 0) is 6.08 Å². The minimum atomic E-state index is -0.326. The second-order valence-corrected chi connectivity index (χ2v) is 3.41. The molecule has 0 spiro atoms. The van der Waals surface area contributed by atoms with Gasteiger partial charge in [0.1, 0.15) is 10.6 Å². The third kappa shape index (κ3) is 1.59. The summed E-state index contributed by atoms with van der Waals surface area (Å²) >= 11 is 3.22. The van der Waals surface area contributed by atoms with Crippen molar-refractivity contribution < 1.29 is 14.6 Å². The van der Waals surface area contributed by atoms with Gasteiger partial charge < -0.3 is 9.84 Å². The van der Waals surface area contributed by atoms with Crippen LogP contribution in [0.4, 0.5) is 0 Å². The van der Waals surface area contributed by atoms with Gasteiger partial charge in [0.2, 0.25) is 0 Å². The van der Waals surface area contributed by atoms with Gasteiger partial charge in [-0.2, -0.15) is 0 Å². The molecular weight excluding hydrogens is 224 g/mol. The Kier molecular flexibility index (Phi) is 3.05. The maximum absolute atomic E-state index is 10.4. The second-order valence-electron chi connectivity index (χ2n) is 2.42. The smallest absolute Gasteiger partial charge is 0.153 e. The largest absolute Gasteiger partial charge is 0.510 e. The number of hydrogen-bond donors (Lipinski definition) is 1. The van der Waals surface area contributed by atoms with Crippen molar-refractivity contribution in [2.24, 2.45) is 0 Å². The molecule has 1 aliphatic rings. The Morgan fingerprint density at radius 1 is 1.75 bits per heavy atom. The molecule has 0 amide bonds. The molecule has 0 bridgehead atoms. The third-order valence-corrected chi connectivity index (χ3v) is 2.66. The van der Waals surface area contributed by atoms with E-state index in [1.54, 1.807) is 19.3 Å². The molecule has 0 aliphatic heterocycles. The first-order chi connectivity index (χ1) is 5.70. The number of alkyl halides is 1. The Labute approximate surface area is 78.8 Å². The van der Waals surface area contributed by atoms with Crippen LogP contribution < -0.4 is 0 Å². The zero-order valence-electron chi connectivity index (χ0n) is 6.53. The van der Waals surface area contributed by atoms with Crippen LogP contribution in [0.2, 0.25) is 0 Å². The lowest BCUT2D eigenvalue weighted by molar-refractivity contribution is -0.104. The van der Waals surface area contributed by atoms with Crippen LogP contribution in [0.25, 0.3) is 0 Å². The standard InChI is InChI=1S/C8H9BrO3/c1-12-6-3-2-5(4-10)8(11)7(6)9/h2-4,6-7,11H,1H3. The fraction of sp³-hybridized carbons (Fsp3) is 0.375. The van der Waals surface area contributed by atoms with Gasteiger partial charge in [0, 0.05) is 7.11 Å². The number of aliphatic hydroxyl groups is 1. The normalized spacial score (nSPS) is 29.2. The van der Waals surface area contributed by atoms with Gasteiger partial charge in [-0.15, -0.1) is 0 Å². The first-order valence-corrected chi connectivity index (χ1v) is 4.35. The number of rotatable bonds is 2. The highest BCUT2D eigenvalue weighted by molar-refractivity contribution is 9.09. The van der Waals surface area contributed by atoms with Gasteiger partial charge in [-0.25, -0.2) is 0 Å². The van der Waals surface area contributed by atoms with E-state index in [0.717, 1.165) is 0 Å². The number of carbonyl (C=O) groups is 1. The molecule has 1 rings (SSSR count). The van der Waals surface area contributed by atoms with Crippen LogP contribution in [0.1, 0.15) is 0 Å². The van der Waals surface area contributed by atoms with E-state index in [4.69, 9.17) is 4.74 Å². The van der Waals surface area contributed by atoms with Gasteiger partial charge in [0.05, 0.1) is 11.7 Å². The summed E-state index contributed by atoms with van der Waals surface area (Å²) in [6.45, 7) is 0. The SMILES string of the molecule is COC1C=CC(C=O)=C(O)C1Br. The average Bonchev–Trinajstić information content (AvgIpc) is 2.10. The maximum atomic E-state index is 10.4. The summed E-state index contributed by atoms with van der Waals surface area (Å²) in [6.07, 6.45) is 3.68. The average molecular weight is 233 g/mol. The maximum Gasteiger partial charge on any atom is 0.153 e. The molecule has 0 heterocycles. The predicted octanol–water partition coefficient (Wildman–Crippen LogP) is 1.35. The van der Waals surface area contributed by atoms with Crippen molar-refractivity contribution in [3.8, 4) is 0 Å². The summed E-state index contributed by atoms with van der Waals surface area (Å²) in [5, 5.41) is 9.41. The molecule has 4 heteroatoms. The van der Waals surface area contributed by atoms with Gasteiger partial charge in [0.15, 0.2) is 6.29 Å². The fourth-order valence-electron chi connectivity index (χ4n) is 0.994. The Hall–Kier alpha value is -0.610. The van der Waals surface area contributed by atoms with Crippen molar-refractivity contribution in [1.29, 1.82) is 0 Å². The van der Waals surface area contributed by atoms with Crippen molar-refractivity contribution in [2.45, 2.75) is 10.9 Å². The van der Waals surface area contributed by atoms with Crippen LogP contribution >= 0.6 is 15.9 Å². The molecular formula is C8H9BrO3. The van der Waals surface area contributed by atoms with Crippen LogP contribution in [-0.4, -0.2) is 29.4 Å². The number of halogens is 1. The van der Waals surface area contributed by atoms with E-state index < -0.39 is 0 Å². The van der Waals surface area contributed by atoms with Crippen molar-refractivity contribution in [3.05, 3.63) is 23.5 Å². The molecule has 66 valence electrons. The Morgan fingerprint density at radius 3 is 2.92 bits per heavy atom. The van der Waals surface area contributed by atoms with Crippen molar-refractivity contribution >= 4 is 22.2 Å². The van der Waals surface area contributed by atoms with Gasteiger partial charge in [-0.3, -0.25) is 4.79 Å². The number of carbonyl (C=O) groups excluding carboxylic acids is 1. The lowest BCUT2D eigenvalue weighted by Crippen LogP contribution is -2.26. The quantitative estimate of drug-likeness (QED) is 0.578. The molecule has 0 radical (unpaired) electrons. The molecule has 2 atom stereocenters. The summed E-state index contributed by atoms with van der Waals surface area (Å²) in [6, 6.07) is 0. The molecule has 1 N–H and O–H groups in total. The highest BCUT2D eigenvalue weighted by Crippen LogP contribution is 2.24. The summed E-state index contributed by atoms with van der Waals surface area (Å²) in [4.78, 5) is 10.1. The molecule has 2 unspecified atom stereocenters. The first kappa shape index (κ1) is 9.48. The third-order valence-electron chi connectivity index (χ3n) is 1.71. The summed E-state index contributed by atoms with van der Waals surface area (Å²) < 4.78 is 5.02. The van der Waals surface area contributed by atoms with E-state index in [1.807, 2.05) is 0 Å². The number of allylic oxidation sites excluding steroid dienone is 2. The Bertz CT molecular complexity index is 245. The molecule has 0 aromatic rings. The predicted molar refractivity (Wildman–Crippen MR) is 48.4 cm³/mol. The van der Waals surface area contributed by atoms with E-state index in [2.05, 4.69) is 15.9 Å². The molecule has 0 aromatic heterocycles. The van der Waals surface area contributed by atoms with Crippen molar-refractivity contribution in [1.82, 2.24) is 0 Å². The summed E-state index contributed by atoms with van der Waals surface area (Å²) in [7, 11) is 1.54. The number of hydrogen-bond acceptors (Lipinski definition) is 3. The Morgan fingerprint density at radius 2 is 2.42 bits per heavy atom. The number of methoxy groups -OCH3 is 1. The van der Waals surface area contributed by atoms with Crippen LogP contribution in [0.5, 0.6) is 0 Å². The zero-order chi connectivity index (χ0) is 9.14. The second kappa shape index (κ2) is 3.87. The van der Waals surface area contributed by atoms with E-state index in [9.17, 15) is 9.90 Å². The molecule has 12 heavy (non-hydrogen) atoms. The summed E-state index contributed by atoms with van der Waals surface area (Å²) in [5.74, 6) is 0.0272. The fourth-order valence-corrected chi connectivity index (χ4v) is 1.65. The van der Waals surface area contributed by atoms with Crippen molar-refractivity contribution in [2.75, 3.05) is 7.11 Å². The first-order valence-electron chi connectivity index (χ1n) is 3.44. The van der Waals surface area contributed by atoms with Crippen molar-refractivity contribution in [3.63, 3.8) is 0 Å². The molecule has 1 aliphatic carbocycles. The highest BCUT2D eigenvalue weighted by Gasteiger charge is 2.25. The monoisotopic (exact) mass is 232 g/mol.